The maximum absolute atomic E-state index is 14.3. The molecule has 400 valence electrons. The molecule has 0 aromatic heterocycles. The first-order chi connectivity index (χ1) is 33.6. The van der Waals surface area contributed by atoms with Crippen LogP contribution in [-0.4, -0.2) is 190 Å². The number of hydrogen-bond donors (Lipinski definition) is 14. The molecular formula is C48H77N7O16. The summed E-state index contributed by atoms with van der Waals surface area (Å²) in [5, 5.41) is 109. The van der Waals surface area contributed by atoms with Crippen molar-refractivity contribution in [3.05, 3.63) is 29.8 Å². The van der Waals surface area contributed by atoms with Gasteiger partial charge in [0.2, 0.25) is 41.4 Å². The van der Waals surface area contributed by atoms with E-state index >= 15 is 0 Å². The van der Waals surface area contributed by atoms with Gasteiger partial charge in [0.05, 0.1) is 24.9 Å². The van der Waals surface area contributed by atoms with Gasteiger partial charge < -0.3 is 82.3 Å². The third-order valence-electron chi connectivity index (χ3n) is 13.8. The van der Waals surface area contributed by atoms with Gasteiger partial charge in [-0.1, -0.05) is 90.7 Å². The van der Waals surface area contributed by atoms with Crippen molar-refractivity contribution >= 4 is 41.4 Å². The first kappa shape index (κ1) is 58.6. The molecule has 14 N–H and O–H groups in total. The average molecular weight is 1010 g/mol. The third-order valence-corrected chi connectivity index (χ3v) is 13.8. The van der Waals surface area contributed by atoms with Gasteiger partial charge in [-0.15, -0.1) is 0 Å². The minimum absolute atomic E-state index is 0.0508. The number of benzene rings is 1. The summed E-state index contributed by atoms with van der Waals surface area (Å²) < 4.78 is 0. The molecule has 3 heterocycles. The molecule has 0 spiro atoms. The van der Waals surface area contributed by atoms with Crippen molar-refractivity contribution in [3.8, 4) is 5.75 Å². The molecule has 4 rings (SSSR count). The highest BCUT2D eigenvalue weighted by Gasteiger charge is 2.49. The Bertz CT molecular complexity index is 1950. The summed E-state index contributed by atoms with van der Waals surface area (Å²) in [4.78, 5) is 99.4. The monoisotopic (exact) mass is 1010 g/mol. The molecule has 9 unspecified atom stereocenters. The van der Waals surface area contributed by atoms with Crippen molar-refractivity contribution < 1.29 is 79.5 Å². The number of amides is 7. The number of rotatable bonds is 18. The van der Waals surface area contributed by atoms with E-state index in [1.54, 1.807) is 0 Å². The van der Waals surface area contributed by atoms with E-state index in [9.17, 15) is 79.5 Å². The number of carbonyl (C=O) groups excluding carboxylic acids is 7. The minimum atomic E-state index is -2.26. The number of carbonyl (C=O) groups is 7. The highest BCUT2D eigenvalue weighted by molar-refractivity contribution is 5.98. The van der Waals surface area contributed by atoms with Crippen molar-refractivity contribution in [3.63, 3.8) is 0 Å². The SMILES string of the molecule is CCC(C)CCCCCCCCCCC(=O)NC1CC(O)C(O)NC(=O)C2C(O)C(C)CN2C(=O)[C@H](CO)NC(=O)[C@H](C(O)C(O)c2ccc(O)cc2)NC(=O)[C@@H]2C[C@@H](O)CN2C(=O)[C@H]([C@@H](C)O)NC1=O. The Hall–Kier alpha value is -5.01. The lowest BCUT2D eigenvalue weighted by molar-refractivity contribution is -0.147. The third kappa shape index (κ3) is 16.2. The molecule has 15 atom stereocenters. The van der Waals surface area contributed by atoms with Crippen molar-refractivity contribution in [2.75, 3.05) is 19.7 Å². The molecule has 0 aliphatic carbocycles. The van der Waals surface area contributed by atoms with E-state index < -0.39 is 152 Å². The highest BCUT2D eigenvalue weighted by Crippen LogP contribution is 2.27. The van der Waals surface area contributed by atoms with Gasteiger partial charge in [-0.2, -0.15) is 0 Å². The first-order valence-corrected chi connectivity index (χ1v) is 24.9. The van der Waals surface area contributed by atoms with E-state index in [0.717, 1.165) is 67.4 Å². The van der Waals surface area contributed by atoms with Gasteiger partial charge >= 0.3 is 0 Å². The number of nitrogens with one attached hydrogen (secondary N) is 5. The lowest BCUT2D eigenvalue weighted by Crippen LogP contribution is -2.63. The Morgan fingerprint density at radius 2 is 1.34 bits per heavy atom. The van der Waals surface area contributed by atoms with Gasteiger partial charge in [0.1, 0.15) is 60.3 Å². The van der Waals surface area contributed by atoms with Crippen LogP contribution < -0.4 is 26.6 Å². The summed E-state index contributed by atoms with van der Waals surface area (Å²) in [5.41, 5.74) is -0.0577. The van der Waals surface area contributed by atoms with Crippen LogP contribution in [-0.2, 0) is 33.6 Å². The van der Waals surface area contributed by atoms with Gasteiger partial charge in [0, 0.05) is 38.3 Å². The van der Waals surface area contributed by atoms with E-state index in [0.29, 0.717) is 18.8 Å². The predicted molar refractivity (Wildman–Crippen MR) is 253 cm³/mol. The van der Waals surface area contributed by atoms with Crippen LogP contribution in [0.2, 0.25) is 0 Å². The molecule has 0 bridgehead atoms. The zero-order chi connectivity index (χ0) is 52.7. The summed E-state index contributed by atoms with van der Waals surface area (Å²) in [7, 11) is 0. The lowest BCUT2D eigenvalue weighted by Gasteiger charge is -2.33. The molecule has 1 aromatic carbocycles. The summed E-state index contributed by atoms with van der Waals surface area (Å²) in [6.45, 7) is 5.00. The summed E-state index contributed by atoms with van der Waals surface area (Å²) in [5.74, 6) is -8.20. The van der Waals surface area contributed by atoms with Crippen LogP contribution in [0.25, 0.3) is 0 Å². The molecule has 7 amide bonds. The van der Waals surface area contributed by atoms with E-state index in [4.69, 9.17) is 0 Å². The Labute approximate surface area is 413 Å². The second-order valence-electron chi connectivity index (χ2n) is 19.5. The van der Waals surface area contributed by atoms with E-state index in [-0.39, 0.29) is 24.3 Å². The van der Waals surface area contributed by atoms with E-state index in [1.807, 2.05) is 0 Å². The number of fused-ring (bicyclic) bond motifs is 2. The number of hydrogen-bond acceptors (Lipinski definition) is 16. The summed E-state index contributed by atoms with van der Waals surface area (Å²) in [6.07, 6.45) is -4.65. The standard InChI is InChI=1S/C48H77N7O16/c1-5-25(2)14-12-10-8-6-7-9-11-13-15-35(61)49-31-21-34(60)44(67)53-46(69)38-39(62)26(3)22-55(38)47(70)32(24-56)50-45(68)37(41(64)40(63)28-16-18-29(58)19-17-28)52-43(66)33-20-30(59)23-54(33)48(71)36(27(4)57)51-42(31)65/h16-19,25-27,30-34,36-41,44,56-60,62-64,67H,5-15,20-24H2,1-4H3,(H,49,61)(H,50,68)(H,51,65)(H,52,66)(H,53,69)/t25?,26?,27-,30-,31?,32+,33+,34?,36+,37+,38?,39?,40?,41?,44?/m1/s1. The smallest absolute Gasteiger partial charge is 0.248 e. The summed E-state index contributed by atoms with van der Waals surface area (Å²) in [6, 6.07) is -6.51. The van der Waals surface area contributed by atoms with Gasteiger partial charge in [-0.25, -0.2) is 0 Å². The molecule has 23 heteroatoms. The number of aliphatic hydroxyl groups excluding tert-OH is 8. The topological polar surface area (TPSA) is 368 Å². The molecule has 3 fully saturated rings. The van der Waals surface area contributed by atoms with Crippen molar-refractivity contribution in [2.45, 2.75) is 190 Å². The fourth-order valence-corrected chi connectivity index (χ4v) is 9.17. The molecule has 3 aliphatic rings. The number of aromatic hydroxyl groups is 1. The fourth-order valence-electron chi connectivity index (χ4n) is 9.17. The quantitative estimate of drug-likeness (QED) is 0.0672. The zero-order valence-electron chi connectivity index (χ0n) is 41.1. The highest BCUT2D eigenvalue weighted by atomic mass is 16.3. The van der Waals surface area contributed by atoms with Crippen LogP contribution in [0.4, 0.5) is 0 Å². The maximum atomic E-state index is 14.3. The molecule has 23 nitrogen and oxygen atoms in total. The predicted octanol–water partition coefficient (Wildman–Crippen LogP) is -2.59. The van der Waals surface area contributed by atoms with Crippen molar-refractivity contribution in [1.82, 2.24) is 36.4 Å². The van der Waals surface area contributed by atoms with Gasteiger partial charge in [0.15, 0.2) is 6.23 Å². The van der Waals surface area contributed by atoms with Crippen molar-refractivity contribution in [1.29, 1.82) is 0 Å². The van der Waals surface area contributed by atoms with Gasteiger partial charge in [-0.05, 0) is 37.0 Å². The molecule has 3 saturated heterocycles. The average Bonchev–Trinajstić information content (AvgIpc) is 3.88. The Balaban J connectivity index is 1.65. The lowest BCUT2D eigenvalue weighted by atomic mass is 9.97. The Kier molecular flexibility index (Phi) is 22.9. The van der Waals surface area contributed by atoms with Crippen LogP contribution in [0.15, 0.2) is 24.3 Å². The molecule has 0 radical (unpaired) electrons. The second-order valence-corrected chi connectivity index (χ2v) is 19.5. The van der Waals surface area contributed by atoms with Gasteiger partial charge in [0.25, 0.3) is 0 Å². The first-order valence-electron chi connectivity index (χ1n) is 24.9. The fraction of sp³-hybridized carbons (Fsp3) is 0.729. The molecule has 71 heavy (non-hydrogen) atoms. The van der Waals surface area contributed by atoms with E-state index in [2.05, 4.69) is 40.4 Å². The van der Waals surface area contributed by atoms with Gasteiger partial charge in [-0.3, -0.25) is 33.6 Å². The minimum Gasteiger partial charge on any atom is -0.508 e. The normalized spacial score (nSPS) is 30.2. The van der Waals surface area contributed by atoms with Crippen molar-refractivity contribution in [2.24, 2.45) is 11.8 Å². The number of unbranched alkanes of at least 4 members (excludes halogenated alkanes) is 7. The largest absolute Gasteiger partial charge is 0.508 e. The zero-order valence-corrected chi connectivity index (χ0v) is 41.1. The second kappa shape index (κ2) is 27.7. The van der Waals surface area contributed by atoms with E-state index in [1.165, 1.54) is 31.9 Å². The summed E-state index contributed by atoms with van der Waals surface area (Å²) >= 11 is 0. The number of phenolic OH excluding ortho intramolecular Hbond substituents is 1. The molecule has 0 saturated carbocycles. The molecule has 3 aliphatic heterocycles. The van der Waals surface area contributed by atoms with Crippen LogP contribution in [0.5, 0.6) is 5.75 Å². The number of nitrogens with zero attached hydrogens (tertiary/aromatic N) is 2. The number of aliphatic hydroxyl groups is 8. The molecule has 1 aromatic rings. The van der Waals surface area contributed by atoms with Crippen LogP contribution in [0, 0.1) is 11.8 Å². The Morgan fingerprint density at radius 3 is 1.94 bits per heavy atom. The van der Waals surface area contributed by atoms with Crippen LogP contribution >= 0.6 is 0 Å². The van der Waals surface area contributed by atoms with Crippen LogP contribution in [0.1, 0.15) is 123 Å². The van der Waals surface area contributed by atoms with Crippen LogP contribution in [0.3, 0.4) is 0 Å². The number of phenols is 1. The molecular weight excluding hydrogens is 931 g/mol. The Morgan fingerprint density at radius 1 is 0.732 bits per heavy atom. The maximum Gasteiger partial charge on any atom is 0.248 e.